The average Bonchev–Trinajstić information content (AvgIpc) is 2.18. The molecule has 5 heteroatoms. The largest absolute Gasteiger partial charge is 0.286 e. The summed E-state index contributed by atoms with van der Waals surface area (Å²) in [6, 6.07) is 3.37. The molecule has 15 heavy (non-hydrogen) atoms. The Morgan fingerprint density at radius 2 is 2.33 bits per heavy atom. The summed E-state index contributed by atoms with van der Waals surface area (Å²) in [4.78, 5) is 16.1. The van der Waals surface area contributed by atoms with Gasteiger partial charge in [-0.25, -0.2) is 4.98 Å². The molecule has 2 aromatic rings. The molecule has 0 saturated heterocycles. The van der Waals surface area contributed by atoms with Crippen LogP contribution in [0.15, 0.2) is 21.4 Å². The second-order valence-corrected chi connectivity index (χ2v) is 4.36. The highest BCUT2D eigenvalue weighted by Gasteiger charge is 2.09. The SMILES string of the molecule is [2H]C([2H])([2H])n1c(Cl)nc2c(Br)cc(C)cc2c1=O. The predicted molar refractivity (Wildman–Crippen MR) is 64.4 cm³/mol. The Hall–Kier alpha value is -0.870. The predicted octanol–water partition coefficient (Wildman–Crippen LogP) is 2.66. The molecule has 0 bridgehead atoms. The summed E-state index contributed by atoms with van der Waals surface area (Å²) in [5, 5.41) is -0.126. The summed E-state index contributed by atoms with van der Waals surface area (Å²) in [6.07, 6.45) is 0. The normalized spacial score (nSPS) is 14.7. The molecule has 0 atom stereocenters. The number of hydrogen-bond donors (Lipinski definition) is 0. The molecular weight excluding hydrogens is 279 g/mol. The summed E-state index contributed by atoms with van der Waals surface area (Å²) in [5.74, 6) is 0. The topological polar surface area (TPSA) is 34.9 Å². The highest BCUT2D eigenvalue weighted by atomic mass is 79.9. The van der Waals surface area contributed by atoms with Gasteiger partial charge in [0.15, 0.2) is 0 Å². The monoisotopic (exact) mass is 289 g/mol. The Morgan fingerprint density at radius 3 is 3.00 bits per heavy atom. The fraction of sp³-hybridized carbons (Fsp3) is 0.200. The van der Waals surface area contributed by atoms with E-state index in [4.69, 9.17) is 15.7 Å². The first-order chi connectivity index (χ1) is 8.21. The van der Waals surface area contributed by atoms with Gasteiger partial charge in [-0.1, -0.05) is 0 Å². The van der Waals surface area contributed by atoms with E-state index in [-0.39, 0.29) is 10.7 Å². The zero-order valence-electron chi connectivity index (χ0n) is 10.7. The lowest BCUT2D eigenvalue weighted by atomic mass is 10.2. The van der Waals surface area contributed by atoms with Gasteiger partial charge >= 0.3 is 0 Å². The number of rotatable bonds is 0. The molecular formula is C10H8BrClN2O. The Bertz CT molecular complexity index is 696. The van der Waals surface area contributed by atoms with E-state index in [9.17, 15) is 4.79 Å². The lowest BCUT2D eigenvalue weighted by Crippen LogP contribution is -2.18. The number of aromatic nitrogens is 2. The Morgan fingerprint density at radius 1 is 1.60 bits per heavy atom. The van der Waals surface area contributed by atoms with Gasteiger partial charge in [-0.05, 0) is 52.2 Å². The number of halogens is 2. The first-order valence-electron chi connectivity index (χ1n) is 5.60. The third-order valence-corrected chi connectivity index (χ3v) is 2.89. The fourth-order valence-electron chi connectivity index (χ4n) is 1.36. The van der Waals surface area contributed by atoms with E-state index < -0.39 is 12.5 Å². The highest BCUT2D eigenvalue weighted by Crippen LogP contribution is 2.22. The van der Waals surface area contributed by atoms with Crippen LogP contribution in [0.1, 0.15) is 9.68 Å². The number of benzene rings is 1. The van der Waals surface area contributed by atoms with Crippen molar-refractivity contribution in [1.29, 1.82) is 0 Å². The van der Waals surface area contributed by atoms with Crippen LogP contribution in [0.5, 0.6) is 0 Å². The lowest BCUT2D eigenvalue weighted by Gasteiger charge is -2.05. The third-order valence-electron chi connectivity index (χ3n) is 2.03. The maximum absolute atomic E-state index is 12.2. The summed E-state index contributed by atoms with van der Waals surface area (Å²) in [5.41, 5.74) is 0.512. The fourth-order valence-corrected chi connectivity index (χ4v) is 2.18. The summed E-state index contributed by atoms with van der Waals surface area (Å²) in [7, 11) is 0. The zero-order chi connectivity index (χ0) is 13.7. The molecule has 0 aliphatic carbocycles. The van der Waals surface area contributed by atoms with Crippen molar-refractivity contribution in [3.8, 4) is 0 Å². The van der Waals surface area contributed by atoms with E-state index in [1.165, 1.54) is 0 Å². The highest BCUT2D eigenvalue weighted by molar-refractivity contribution is 9.10. The van der Waals surface area contributed by atoms with Gasteiger partial charge in [0.2, 0.25) is 5.28 Å². The Kier molecular flexibility index (Phi) is 1.78. The molecule has 0 fully saturated rings. The zero-order valence-corrected chi connectivity index (χ0v) is 10.1. The summed E-state index contributed by atoms with van der Waals surface area (Å²) >= 11 is 9.06. The van der Waals surface area contributed by atoms with Gasteiger partial charge in [-0.2, -0.15) is 0 Å². The minimum Gasteiger partial charge on any atom is -0.286 e. The number of hydrogen-bond acceptors (Lipinski definition) is 2. The molecule has 0 amide bonds. The van der Waals surface area contributed by atoms with Crippen LogP contribution in [0, 0.1) is 6.92 Å². The molecule has 2 rings (SSSR count). The van der Waals surface area contributed by atoms with Crippen molar-refractivity contribution in [3.05, 3.63) is 37.8 Å². The van der Waals surface area contributed by atoms with E-state index in [0.717, 1.165) is 5.56 Å². The van der Waals surface area contributed by atoms with Crippen molar-refractivity contribution in [2.45, 2.75) is 6.92 Å². The molecule has 1 heterocycles. The molecule has 1 aromatic heterocycles. The van der Waals surface area contributed by atoms with Gasteiger partial charge in [0.25, 0.3) is 5.56 Å². The van der Waals surface area contributed by atoms with Crippen LogP contribution in [-0.4, -0.2) is 9.55 Å². The molecule has 0 radical (unpaired) electrons. The molecule has 0 saturated carbocycles. The van der Waals surface area contributed by atoms with Crippen LogP contribution >= 0.6 is 27.5 Å². The molecule has 1 aromatic carbocycles. The van der Waals surface area contributed by atoms with Crippen molar-refractivity contribution in [1.82, 2.24) is 9.55 Å². The minimum atomic E-state index is -2.65. The van der Waals surface area contributed by atoms with Crippen molar-refractivity contribution >= 4 is 38.4 Å². The van der Waals surface area contributed by atoms with Crippen LogP contribution in [-0.2, 0) is 6.98 Å². The Balaban J connectivity index is 2.99. The van der Waals surface area contributed by atoms with Gasteiger partial charge < -0.3 is 0 Å². The number of nitrogens with zero attached hydrogens (tertiary/aromatic N) is 2. The van der Waals surface area contributed by atoms with Crippen molar-refractivity contribution < 1.29 is 4.11 Å². The van der Waals surface area contributed by atoms with Crippen LogP contribution in [0.3, 0.4) is 0 Å². The smallest absolute Gasteiger partial charge is 0.262 e. The molecule has 0 N–H and O–H groups in total. The number of fused-ring (bicyclic) bond motifs is 1. The first kappa shape index (κ1) is 7.41. The summed E-state index contributed by atoms with van der Waals surface area (Å²) in [6.45, 7) is -0.844. The molecule has 0 aliphatic rings. The molecule has 0 aliphatic heterocycles. The summed E-state index contributed by atoms with van der Waals surface area (Å²) < 4.78 is 23.0. The first-order valence-corrected chi connectivity index (χ1v) is 5.28. The minimum absolute atomic E-state index is 0.224. The van der Waals surface area contributed by atoms with Gasteiger partial charge in [0, 0.05) is 15.6 Å². The quantitative estimate of drug-likeness (QED) is 0.699. The standard InChI is InChI=1S/C10H8BrClN2O/c1-5-3-6-8(7(11)4-5)13-10(12)14(2)9(6)15/h3-4H,1-2H3/i2D3. The second kappa shape index (κ2) is 3.61. The lowest BCUT2D eigenvalue weighted by molar-refractivity contribution is 0.843. The average molecular weight is 291 g/mol. The van der Waals surface area contributed by atoms with Gasteiger partial charge in [-0.3, -0.25) is 9.36 Å². The maximum Gasteiger partial charge on any atom is 0.262 e. The van der Waals surface area contributed by atoms with E-state index in [2.05, 4.69) is 20.9 Å². The van der Waals surface area contributed by atoms with Crippen molar-refractivity contribution in [2.24, 2.45) is 6.98 Å². The van der Waals surface area contributed by atoms with E-state index >= 15 is 0 Å². The van der Waals surface area contributed by atoms with Gasteiger partial charge in [-0.15, -0.1) is 0 Å². The molecule has 0 spiro atoms. The van der Waals surface area contributed by atoms with Crippen LogP contribution in [0.25, 0.3) is 10.9 Å². The van der Waals surface area contributed by atoms with E-state index in [0.29, 0.717) is 14.6 Å². The van der Waals surface area contributed by atoms with Crippen LogP contribution in [0.4, 0.5) is 0 Å². The van der Waals surface area contributed by atoms with Crippen LogP contribution in [0.2, 0.25) is 5.28 Å². The van der Waals surface area contributed by atoms with Gasteiger partial charge in [0.1, 0.15) is 0 Å². The molecule has 3 nitrogen and oxygen atoms in total. The van der Waals surface area contributed by atoms with Crippen molar-refractivity contribution in [3.63, 3.8) is 0 Å². The number of aryl methyl sites for hydroxylation is 1. The van der Waals surface area contributed by atoms with Crippen molar-refractivity contribution in [2.75, 3.05) is 0 Å². The Labute approximate surface area is 104 Å². The molecule has 0 unspecified atom stereocenters. The van der Waals surface area contributed by atoms with E-state index in [1.807, 2.05) is 0 Å². The third kappa shape index (κ3) is 1.68. The second-order valence-electron chi connectivity index (χ2n) is 3.16. The maximum atomic E-state index is 12.2. The van der Waals surface area contributed by atoms with Gasteiger partial charge in [0.05, 0.1) is 10.9 Å². The molecule has 78 valence electrons. The van der Waals surface area contributed by atoms with Crippen LogP contribution < -0.4 is 5.56 Å². The van der Waals surface area contributed by atoms with E-state index in [1.54, 1.807) is 19.1 Å².